The van der Waals surface area contributed by atoms with Gasteiger partial charge < -0.3 is 15.1 Å². The Labute approximate surface area is 157 Å². The Morgan fingerprint density at radius 2 is 2.12 bits per heavy atom. The van der Waals surface area contributed by atoms with Crippen LogP contribution in [0.15, 0.2) is 30.5 Å². The van der Waals surface area contributed by atoms with Gasteiger partial charge in [-0.2, -0.15) is 0 Å². The molecular weight excluding hydrogens is 356 g/mol. The third kappa shape index (κ3) is 4.86. The molecule has 0 unspecified atom stereocenters. The molecule has 2 aromatic heterocycles. The van der Waals surface area contributed by atoms with Gasteiger partial charge in [-0.05, 0) is 43.5 Å². The number of carbonyl (C=O) groups excluding carboxylic acids is 1. The average molecular weight is 379 g/mol. The molecule has 2 aromatic rings. The van der Waals surface area contributed by atoms with E-state index in [0.29, 0.717) is 19.6 Å². The van der Waals surface area contributed by atoms with Crippen molar-refractivity contribution >= 4 is 34.8 Å². The Kier molecular flexibility index (Phi) is 6.15. The smallest absolute Gasteiger partial charge is 0.317 e. The molecule has 0 saturated carbocycles. The molecule has 2 amide bonds. The summed E-state index contributed by atoms with van der Waals surface area (Å²) in [6, 6.07) is 7.83. The van der Waals surface area contributed by atoms with Crippen molar-refractivity contribution in [3.63, 3.8) is 0 Å². The number of anilines is 1. The van der Waals surface area contributed by atoms with E-state index in [1.807, 2.05) is 37.4 Å². The molecule has 0 spiro atoms. The molecule has 134 valence electrons. The third-order valence-corrected chi connectivity index (χ3v) is 5.54. The number of nitrogens with zero attached hydrogens (tertiary/aromatic N) is 3. The first-order valence-electron chi connectivity index (χ1n) is 8.62. The van der Waals surface area contributed by atoms with Crippen LogP contribution in [-0.4, -0.2) is 35.5 Å². The standard InChI is InChI=1S/C18H23ClN4OS/c1-2-22(13-15-6-7-16(19)25-15)18(24)21-12-14-5-8-17(20-11-14)23-9-3-4-10-23/h5-8,11H,2-4,9-10,12-13H2,1H3,(H,21,24). The van der Waals surface area contributed by atoms with E-state index in [1.165, 1.54) is 24.2 Å². The van der Waals surface area contributed by atoms with Crippen molar-refractivity contribution in [3.05, 3.63) is 45.2 Å². The lowest BCUT2D eigenvalue weighted by Gasteiger charge is -2.21. The van der Waals surface area contributed by atoms with Gasteiger partial charge in [0.1, 0.15) is 5.82 Å². The molecule has 1 aliphatic rings. The van der Waals surface area contributed by atoms with Crippen LogP contribution >= 0.6 is 22.9 Å². The number of thiophene rings is 1. The van der Waals surface area contributed by atoms with Crippen LogP contribution in [0.3, 0.4) is 0 Å². The molecule has 3 rings (SSSR count). The molecule has 1 N–H and O–H groups in total. The van der Waals surface area contributed by atoms with Gasteiger partial charge in [-0.25, -0.2) is 9.78 Å². The zero-order valence-corrected chi connectivity index (χ0v) is 15.9. The van der Waals surface area contributed by atoms with E-state index >= 15 is 0 Å². The quantitative estimate of drug-likeness (QED) is 0.822. The second kappa shape index (κ2) is 8.54. The molecule has 0 bridgehead atoms. The van der Waals surface area contributed by atoms with Gasteiger partial charge in [0.25, 0.3) is 0 Å². The van der Waals surface area contributed by atoms with E-state index in [9.17, 15) is 4.79 Å². The number of rotatable bonds is 6. The van der Waals surface area contributed by atoms with Crippen molar-refractivity contribution in [2.75, 3.05) is 24.5 Å². The minimum atomic E-state index is -0.0735. The number of amides is 2. The lowest BCUT2D eigenvalue weighted by Crippen LogP contribution is -2.38. The molecule has 0 atom stereocenters. The number of hydrogen-bond donors (Lipinski definition) is 1. The minimum Gasteiger partial charge on any atom is -0.357 e. The number of aromatic nitrogens is 1. The average Bonchev–Trinajstić information content (AvgIpc) is 3.30. The second-order valence-electron chi connectivity index (χ2n) is 6.10. The van der Waals surface area contributed by atoms with E-state index in [0.717, 1.165) is 33.7 Å². The summed E-state index contributed by atoms with van der Waals surface area (Å²) in [5.41, 5.74) is 1.01. The van der Waals surface area contributed by atoms with Crippen LogP contribution < -0.4 is 10.2 Å². The largest absolute Gasteiger partial charge is 0.357 e. The first-order valence-corrected chi connectivity index (χ1v) is 9.82. The van der Waals surface area contributed by atoms with Crippen molar-refractivity contribution in [2.24, 2.45) is 0 Å². The number of hydrogen-bond acceptors (Lipinski definition) is 4. The Bertz CT molecular complexity index is 697. The van der Waals surface area contributed by atoms with Crippen LogP contribution in [0.2, 0.25) is 4.34 Å². The fraction of sp³-hybridized carbons (Fsp3) is 0.444. The lowest BCUT2D eigenvalue weighted by atomic mass is 10.3. The zero-order chi connectivity index (χ0) is 17.6. The van der Waals surface area contributed by atoms with Gasteiger partial charge in [-0.3, -0.25) is 0 Å². The van der Waals surface area contributed by atoms with E-state index in [2.05, 4.69) is 15.2 Å². The highest BCUT2D eigenvalue weighted by Crippen LogP contribution is 2.22. The van der Waals surface area contributed by atoms with Gasteiger partial charge in [0.2, 0.25) is 0 Å². The molecule has 0 aromatic carbocycles. The fourth-order valence-electron chi connectivity index (χ4n) is 2.90. The van der Waals surface area contributed by atoms with Gasteiger partial charge in [-0.15, -0.1) is 11.3 Å². The molecule has 0 radical (unpaired) electrons. The highest BCUT2D eigenvalue weighted by molar-refractivity contribution is 7.16. The van der Waals surface area contributed by atoms with Crippen molar-refractivity contribution in [3.8, 4) is 0 Å². The number of carbonyl (C=O) groups is 1. The molecule has 1 saturated heterocycles. The lowest BCUT2D eigenvalue weighted by molar-refractivity contribution is 0.198. The van der Waals surface area contributed by atoms with Crippen LogP contribution in [-0.2, 0) is 13.1 Å². The van der Waals surface area contributed by atoms with Crippen molar-refractivity contribution in [1.82, 2.24) is 15.2 Å². The molecule has 7 heteroatoms. The highest BCUT2D eigenvalue weighted by Gasteiger charge is 2.14. The van der Waals surface area contributed by atoms with Gasteiger partial charge in [-0.1, -0.05) is 17.7 Å². The van der Waals surface area contributed by atoms with Crippen LogP contribution in [0, 0.1) is 0 Å². The first-order chi connectivity index (χ1) is 12.2. The number of urea groups is 1. The normalized spacial score (nSPS) is 13.9. The fourth-order valence-corrected chi connectivity index (χ4v) is 4.00. The summed E-state index contributed by atoms with van der Waals surface area (Å²) in [7, 11) is 0. The third-order valence-electron chi connectivity index (χ3n) is 4.33. The summed E-state index contributed by atoms with van der Waals surface area (Å²) in [4.78, 5) is 22.1. The maximum Gasteiger partial charge on any atom is 0.317 e. The summed E-state index contributed by atoms with van der Waals surface area (Å²) in [6.45, 7) is 5.84. The van der Waals surface area contributed by atoms with Gasteiger partial charge in [0.15, 0.2) is 0 Å². The maximum absolute atomic E-state index is 12.4. The minimum absolute atomic E-state index is 0.0735. The number of nitrogens with one attached hydrogen (secondary N) is 1. The summed E-state index contributed by atoms with van der Waals surface area (Å²) in [5, 5.41) is 2.97. The number of halogens is 1. The molecule has 0 aliphatic carbocycles. The summed E-state index contributed by atoms with van der Waals surface area (Å²) in [6.07, 6.45) is 4.33. The van der Waals surface area contributed by atoms with E-state index in [-0.39, 0.29) is 6.03 Å². The molecule has 1 aliphatic heterocycles. The summed E-state index contributed by atoms with van der Waals surface area (Å²) in [5.74, 6) is 1.03. The van der Waals surface area contributed by atoms with E-state index in [4.69, 9.17) is 11.6 Å². The van der Waals surface area contributed by atoms with Crippen molar-refractivity contribution in [2.45, 2.75) is 32.9 Å². The van der Waals surface area contributed by atoms with Crippen molar-refractivity contribution < 1.29 is 4.79 Å². The van der Waals surface area contributed by atoms with Crippen LogP contribution in [0.1, 0.15) is 30.2 Å². The Morgan fingerprint density at radius 3 is 2.72 bits per heavy atom. The van der Waals surface area contributed by atoms with Gasteiger partial charge in [0.05, 0.1) is 10.9 Å². The molecular formula is C18H23ClN4OS. The molecule has 1 fully saturated rings. The SMILES string of the molecule is CCN(Cc1ccc(Cl)s1)C(=O)NCc1ccc(N2CCCC2)nc1. The highest BCUT2D eigenvalue weighted by atomic mass is 35.5. The monoisotopic (exact) mass is 378 g/mol. The maximum atomic E-state index is 12.4. The van der Waals surface area contributed by atoms with Crippen LogP contribution in [0.25, 0.3) is 0 Å². The second-order valence-corrected chi connectivity index (χ2v) is 7.90. The topological polar surface area (TPSA) is 48.5 Å². The molecule has 3 heterocycles. The summed E-state index contributed by atoms with van der Waals surface area (Å²) < 4.78 is 0.746. The summed E-state index contributed by atoms with van der Waals surface area (Å²) >= 11 is 7.46. The predicted molar refractivity (Wildman–Crippen MR) is 103 cm³/mol. The van der Waals surface area contributed by atoms with Crippen molar-refractivity contribution in [1.29, 1.82) is 0 Å². The van der Waals surface area contributed by atoms with Crippen LogP contribution in [0.4, 0.5) is 10.6 Å². The molecule has 5 nitrogen and oxygen atoms in total. The Morgan fingerprint density at radius 1 is 1.32 bits per heavy atom. The first kappa shape index (κ1) is 18.0. The Hall–Kier alpha value is -1.79. The van der Waals surface area contributed by atoms with Gasteiger partial charge in [0, 0.05) is 37.3 Å². The predicted octanol–water partition coefficient (Wildman–Crippen LogP) is 4.13. The van der Waals surface area contributed by atoms with E-state index < -0.39 is 0 Å². The Balaban J connectivity index is 1.51. The van der Waals surface area contributed by atoms with Crippen LogP contribution in [0.5, 0.6) is 0 Å². The molecule has 25 heavy (non-hydrogen) atoms. The van der Waals surface area contributed by atoms with Gasteiger partial charge >= 0.3 is 6.03 Å². The zero-order valence-electron chi connectivity index (χ0n) is 14.4. The number of pyridine rings is 1. The van der Waals surface area contributed by atoms with E-state index in [1.54, 1.807) is 4.90 Å².